The van der Waals surface area contributed by atoms with E-state index in [1.807, 2.05) is 60.0 Å². The van der Waals surface area contributed by atoms with E-state index in [0.717, 1.165) is 22.7 Å². The van der Waals surface area contributed by atoms with Crippen molar-refractivity contribution in [3.63, 3.8) is 0 Å². The second kappa shape index (κ2) is 9.23. The van der Waals surface area contributed by atoms with Crippen LogP contribution in [0.4, 0.5) is 0 Å². The van der Waals surface area contributed by atoms with Gasteiger partial charge >= 0.3 is 0 Å². The summed E-state index contributed by atoms with van der Waals surface area (Å²) in [5.74, 6) is 2.75. The molecule has 0 spiro atoms. The SMILES string of the molecule is COc1ccc(OCc2nnc(SCc3ccon3)n2-c2ccc(C)c(Cl)c2)cc1. The first-order chi connectivity index (χ1) is 14.6. The third-order valence-corrected chi connectivity index (χ3v) is 5.75. The van der Waals surface area contributed by atoms with Gasteiger partial charge in [-0.2, -0.15) is 0 Å². The normalized spacial score (nSPS) is 10.9. The predicted octanol–water partition coefficient (Wildman–Crippen LogP) is 5.10. The minimum Gasteiger partial charge on any atom is -0.497 e. The number of methoxy groups -OCH3 is 1. The zero-order chi connectivity index (χ0) is 20.9. The average Bonchev–Trinajstić information content (AvgIpc) is 3.43. The molecule has 0 N–H and O–H groups in total. The molecule has 9 heteroatoms. The van der Waals surface area contributed by atoms with E-state index >= 15 is 0 Å². The van der Waals surface area contributed by atoms with Crippen LogP contribution in [0.3, 0.4) is 0 Å². The zero-order valence-corrected chi connectivity index (χ0v) is 18.0. The second-order valence-electron chi connectivity index (χ2n) is 6.41. The third-order valence-electron chi connectivity index (χ3n) is 4.38. The first-order valence-electron chi connectivity index (χ1n) is 9.14. The Labute approximate surface area is 183 Å². The Morgan fingerprint density at radius 2 is 1.87 bits per heavy atom. The molecule has 30 heavy (non-hydrogen) atoms. The minimum atomic E-state index is 0.245. The van der Waals surface area contributed by atoms with Crippen molar-refractivity contribution in [2.45, 2.75) is 24.4 Å². The molecular weight excluding hydrogens is 424 g/mol. The van der Waals surface area contributed by atoms with E-state index in [1.54, 1.807) is 13.4 Å². The van der Waals surface area contributed by atoms with Gasteiger partial charge in [-0.15, -0.1) is 10.2 Å². The number of hydrogen-bond acceptors (Lipinski definition) is 7. The van der Waals surface area contributed by atoms with Crippen molar-refractivity contribution in [3.8, 4) is 17.2 Å². The standard InChI is InChI=1S/C21H19ClN4O3S/c1-14-3-4-16(11-19(14)22)26-20(12-28-18-7-5-17(27-2)6-8-18)23-24-21(26)30-13-15-9-10-29-25-15/h3-11H,12-13H2,1-2H3. The molecule has 4 rings (SSSR count). The maximum atomic E-state index is 6.37. The van der Waals surface area contributed by atoms with Crippen LogP contribution in [-0.2, 0) is 12.4 Å². The highest BCUT2D eigenvalue weighted by Gasteiger charge is 2.16. The Morgan fingerprint density at radius 3 is 2.57 bits per heavy atom. The van der Waals surface area contributed by atoms with Gasteiger partial charge in [0.1, 0.15) is 24.4 Å². The lowest BCUT2D eigenvalue weighted by molar-refractivity contribution is 0.292. The number of rotatable bonds is 8. The Kier molecular flexibility index (Phi) is 6.25. The van der Waals surface area contributed by atoms with Crippen LogP contribution >= 0.6 is 23.4 Å². The van der Waals surface area contributed by atoms with Crippen molar-refractivity contribution >= 4 is 23.4 Å². The van der Waals surface area contributed by atoms with Crippen LogP contribution in [0.15, 0.2) is 64.5 Å². The summed E-state index contributed by atoms with van der Waals surface area (Å²) in [6.45, 7) is 2.21. The maximum Gasteiger partial charge on any atom is 0.196 e. The molecule has 0 aliphatic heterocycles. The van der Waals surface area contributed by atoms with Gasteiger partial charge in [0.05, 0.1) is 18.5 Å². The first-order valence-corrected chi connectivity index (χ1v) is 10.5. The summed E-state index contributed by atoms with van der Waals surface area (Å²) >= 11 is 7.88. The second-order valence-corrected chi connectivity index (χ2v) is 7.76. The van der Waals surface area contributed by atoms with Gasteiger partial charge in [0, 0.05) is 16.8 Å². The van der Waals surface area contributed by atoms with Gasteiger partial charge < -0.3 is 14.0 Å². The minimum absolute atomic E-state index is 0.245. The molecule has 0 atom stereocenters. The number of ether oxygens (including phenoxy) is 2. The van der Waals surface area contributed by atoms with Gasteiger partial charge in [0.2, 0.25) is 0 Å². The van der Waals surface area contributed by atoms with Crippen LogP contribution in [0.5, 0.6) is 11.5 Å². The highest BCUT2D eigenvalue weighted by molar-refractivity contribution is 7.98. The topological polar surface area (TPSA) is 75.2 Å². The lowest BCUT2D eigenvalue weighted by Crippen LogP contribution is -2.07. The van der Waals surface area contributed by atoms with Gasteiger partial charge in [-0.1, -0.05) is 34.6 Å². The summed E-state index contributed by atoms with van der Waals surface area (Å²) in [5.41, 5.74) is 2.69. The molecule has 0 aliphatic carbocycles. The molecule has 0 aliphatic rings. The van der Waals surface area contributed by atoms with E-state index in [2.05, 4.69) is 15.4 Å². The van der Waals surface area contributed by atoms with E-state index in [4.69, 9.17) is 25.6 Å². The fourth-order valence-electron chi connectivity index (χ4n) is 2.74. The molecule has 0 unspecified atom stereocenters. The molecule has 4 aromatic rings. The number of halogens is 1. The third kappa shape index (κ3) is 4.60. The van der Waals surface area contributed by atoms with Crippen molar-refractivity contribution < 1.29 is 14.0 Å². The number of nitrogens with zero attached hydrogens (tertiary/aromatic N) is 4. The number of benzene rings is 2. The molecule has 2 aromatic carbocycles. The van der Waals surface area contributed by atoms with E-state index in [9.17, 15) is 0 Å². The van der Waals surface area contributed by atoms with Crippen molar-refractivity contribution in [1.82, 2.24) is 19.9 Å². The Hall–Kier alpha value is -2.97. The van der Waals surface area contributed by atoms with E-state index in [1.165, 1.54) is 11.8 Å². The fraction of sp³-hybridized carbons (Fsp3) is 0.190. The van der Waals surface area contributed by atoms with E-state index in [0.29, 0.717) is 27.5 Å². The molecule has 7 nitrogen and oxygen atoms in total. The zero-order valence-electron chi connectivity index (χ0n) is 16.4. The van der Waals surface area contributed by atoms with Gasteiger partial charge in [0.15, 0.2) is 11.0 Å². The summed E-state index contributed by atoms with van der Waals surface area (Å²) in [6, 6.07) is 15.1. The van der Waals surface area contributed by atoms with Gasteiger partial charge in [-0.25, -0.2) is 0 Å². The molecule has 2 aromatic heterocycles. The molecule has 154 valence electrons. The maximum absolute atomic E-state index is 6.37. The molecule has 2 heterocycles. The van der Waals surface area contributed by atoms with Crippen LogP contribution in [0.1, 0.15) is 17.1 Å². The number of thioether (sulfide) groups is 1. The summed E-state index contributed by atoms with van der Waals surface area (Å²) < 4.78 is 18.0. The van der Waals surface area contributed by atoms with Crippen LogP contribution in [0, 0.1) is 6.92 Å². The Morgan fingerprint density at radius 1 is 1.07 bits per heavy atom. The van der Waals surface area contributed by atoms with Crippen LogP contribution < -0.4 is 9.47 Å². The van der Waals surface area contributed by atoms with Gasteiger partial charge in [0.25, 0.3) is 0 Å². The monoisotopic (exact) mass is 442 g/mol. The molecule has 0 saturated heterocycles. The summed E-state index contributed by atoms with van der Waals surface area (Å²) in [4.78, 5) is 0. The molecule has 0 radical (unpaired) electrons. The smallest absolute Gasteiger partial charge is 0.196 e. The lowest BCUT2D eigenvalue weighted by atomic mass is 10.2. The average molecular weight is 443 g/mol. The number of aromatic nitrogens is 4. The first kappa shape index (κ1) is 20.3. The summed E-state index contributed by atoms with van der Waals surface area (Å²) in [7, 11) is 1.63. The summed E-state index contributed by atoms with van der Waals surface area (Å²) in [5, 5.41) is 14.0. The Balaban J connectivity index is 1.60. The molecule has 0 amide bonds. The largest absolute Gasteiger partial charge is 0.497 e. The molecule has 0 bridgehead atoms. The van der Waals surface area contributed by atoms with Crippen molar-refractivity contribution in [2.75, 3.05) is 7.11 Å². The van der Waals surface area contributed by atoms with Crippen molar-refractivity contribution in [3.05, 3.63) is 76.9 Å². The van der Waals surface area contributed by atoms with Crippen molar-refractivity contribution in [2.24, 2.45) is 0 Å². The molecular formula is C21H19ClN4O3S. The van der Waals surface area contributed by atoms with E-state index < -0.39 is 0 Å². The predicted molar refractivity (Wildman–Crippen MR) is 114 cm³/mol. The number of aryl methyl sites for hydroxylation is 1. The quantitative estimate of drug-likeness (QED) is 0.351. The highest BCUT2D eigenvalue weighted by atomic mass is 35.5. The number of hydrogen-bond donors (Lipinski definition) is 0. The highest BCUT2D eigenvalue weighted by Crippen LogP contribution is 2.28. The van der Waals surface area contributed by atoms with E-state index in [-0.39, 0.29) is 6.61 Å². The molecule has 0 saturated carbocycles. The van der Waals surface area contributed by atoms with Crippen molar-refractivity contribution in [1.29, 1.82) is 0 Å². The fourth-order valence-corrected chi connectivity index (χ4v) is 3.78. The summed E-state index contributed by atoms with van der Waals surface area (Å²) in [6.07, 6.45) is 1.55. The Bertz CT molecular complexity index is 1110. The van der Waals surface area contributed by atoms with Crippen LogP contribution in [-0.4, -0.2) is 27.0 Å². The van der Waals surface area contributed by atoms with Gasteiger partial charge in [-0.3, -0.25) is 4.57 Å². The molecule has 0 fully saturated rings. The van der Waals surface area contributed by atoms with Crippen LogP contribution in [0.2, 0.25) is 5.02 Å². The lowest BCUT2D eigenvalue weighted by Gasteiger charge is -2.12. The van der Waals surface area contributed by atoms with Crippen LogP contribution in [0.25, 0.3) is 5.69 Å². The van der Waals surface area contributed by atoms with Gasteiger partial charge in [-0.05, 0) is 48.9 Å².